The Balaban J connectivity index is 1.22. The van der Waals surface area contributed by atoms with Gasteiger partial charge >= 0.3 is 0 Å². The Morgan fingerprint density at radius 1 is 1.03 bits per heavy atom. The molecule has 2 aliphatic heterocycles. The van der Waals surface area contributed by atoms with E-state index in [1.807, 2.05) is 17.0 Å². The predicted octanol–water partition coefficient (Wildman–Crippen LogP) is 3.42. The second kappa shape index (κ2) is 9.16. The summed E-state index contributed by atoms with van der Waals surface area (Å²) in [6.07, 6.45) is 7.48. The molecule has 0 bridgehead atoms. The lowest BCUT2D eigenvalue weighted by Gasteiger charge is -2.38. The Bertz CT molecular complexity index is 1060. The summed E-state index contributed by atoms with van der Waals surface area (Å²) in [5.74, 6) is 0.165. The first kappa shape index (κ1) is 21.9. The molecule has 0 radical (unpaired) electrons. The number of piperazine rings is 1. The minimum Gasteiger partial charge on any atom is -0.350 e. The fourth-order valence-corrected chi connectivity index (χ4v) is 5.93. The van der Waals surface area contributed by atoms with Crippen LogP contribution in [0.2, 0.25) is 0 Å². The zero-order valence-electron chi connectivity index (χ0n) is 19.2. The van der Waals surface area contributed by atoms with Crippen LogP contribution in [0.3, 0.4) is 0 Å². The molecule has 0 aromatic heterocycles. The Morgan fingerprint density at radius 2 is 1.82 bits per heavy atom. The molecule has 0 spiro atoms. The van der Waals surface area contributed by atoms with Crippen LogP contribution < -0.4 is 5.32 Å². The molecule has 2 heterocycles. The maximum absolute atomic E-state index is 13.0. The van der Waals surface area contributed by atoms with Gasteiger partial charge in [0, 0.05) is 37.5 Å². The number of amides is 3. The molecule has 2 aromatic rings. The van der Waals surface area contributed by atoms with Gasteiger partial charge in [0.2, 0.25) is 17.7 Å². The maximum atomic E-state index is 13.0. The molecule has 1 unspecified atom stereocenters. The van der Waals surface area contributed by atoms with E-state index in [-0.39, 0.29) is 24.3 Å². The highest BCUT2D eigenvalue weighted by molar-refractivity contribution is 5.86. The first-order valence-corrected chi connectivity index (χ1v) is 12.4. The zero-order valence-corrected chi connectivity index (χ0v) is 19.2. The van der Waals surface area contributed by atoms with Crippen molar-refractivity contribution >= 4 is 28.5 Å². The fourth-order valence-electron chi connectivity index (χ4n) is 5.93. The number of rotatable bonds is 6. The van der Waals surface area contributed by atoms with Gasteiger partial charge in [-0.05, 0) is 48.4 Å². The first-order valence-electron chi connectivity index (χ1n) is 12.4. The van der Waals surface area contributed by atoms with Gasteiger partial charge in [-0.3, -0.25) is 14.4 Å². The highest BCUT2D eigenvalue weighted by Crippen LogP contribution is 2.31. The van der Waals surface area contributed by atoms with Crippen molar-refractivity contribution in [3.05, 3.63) is 48.0 Å². The highest BCUT2D eigenvalue weighted by atomic mass is 16.2. The van der Waals surface area contributed by atoms with Crippen LogP contribution in [0.4, 0.5) is 0 Å². The molecule has 3 aliphatic rings. The number of nitrogens with zero attached hydrogens (tertiary/aromatic N) is 2. The monoisotopic (exact) mass is 447 g/mol. The smallest absolute Gasteiger partial charge is 0.242 e. The minimum atomic E-state index is -0.398. The summed E-state index contributed by atoms with van der Waals surface area (Å²) in [4.78, 5) is 41.6. The third-order valence-electron chi connectivity index (χ3n) is 7.78. The van der Waals surface area contributed by atoms with Gasteiger partial charge in [-0.25, -0.2) is 0 Å². The lowest BCUT2D eigenvalue weighted by Crippen LogP contribution is -2.55. The van der Waals surface area contributed by atoms with Crippen molar-refractivity contribution in [2.24, 2.45) is 0 Å². The molecular formula is C27H33N3O3. The van der Waals surface area contributed by atoms with Gasteiger partial charge < -0.3 is 15.1 Å². The Labute approximate surface area is 195 Å². The molecule has 6 nitrogen and oxygen atoms in total. The third-order valence-corrected chi connectivity index (χ3v) is 7.78. The number of fused-ring (bicyclic) bond motifs is 1. The van der Waals surface area contributed by atoms with E-state index in [9.17, 15) is 14.4 Å². The summed E-state index contributed by atoms with van der Waals surface area (Å²) in [5, 5.41) is 5.57. The van der Waals surface area contributed by atoms with Crippen molar-refractivity contribution in [1.29, 1.82) is 0 Å². The fraction of sp³-hybridized carbons (Fsp3) is 0.519. The molecule has 2 aromatic carbocycles. The van der Waals surface area contributed by atoms with E-state index in [1.54, 1.807) is 4.90 Å². The van der Waals surface area contributed by atoms with Crippen LogP contribution in [0.5, 0.6) is 0 Å². The molecular weight excluding hydrogens is 414 g/mol. The SMILES string of the molecule is O=C1CCC(CCC(=O)N2CCN(C3CCCC3)C(=O)C2)(Cc2ccc3ccccc3c2)N1. The lowest BCUT2D eigenvalue weighted by atomic mass is 9.84. The molecule has 6 heteroatoms. The highest BCUT2D eigenvalue weighted by Gasteiger charge is 2.39. The summed E-state index contributed by atoms with van der Waals surface area (Å²) < 4.78 is 0. The molecule has 3 fully saturated rings. The van der Waals surface area contributed by atoms with E-state index >= 15 is 0 Å². The number of benzene rings is 2. The van der Waals surface area contributed by atoms with Crippen molar-refractivity contribution in [2.45, 2.75) is 69.4 Å². The van der Waals surface area contributed by atoms with Gasteiger partial charge in [0.1, 0.15) is 0 Å². The van der Waals surface area contributed by atoms with E-state index in [0.717, 1.165) is 19.3 Å². The lowest BCUT2D eigenvalue weighted by molar-refractivity contribution is -0.147. The summed E-state index contributed by atoms with van der Waals surface area (Å²) in [6, 6.07) is 15.1. The number of carbonyl (C=O) groups excluding carboxylic acids is 3. The van der Waals surface area contributed by atoms with Gasteiger partial charge in [0.25, 0.3) is 0 Å². The number of hydrogen-bond donors (Lipinski definition) is 1. The normalized spacial score (nSPS) is 24.0. The van der Waals surface area contributed by atoms with Crippen molar-refractivity contribution in [3.63, 3.8) is 0 Å². The first-order chi connectivity index (χ1) is 16.0. The molecule has 174 valence electrons. The summed E-state index contributed by atoms with van der Waals surface area (Å²) in [7, 11) is 0. The quantitative estimate of drug-likeness (QED) is 0.738. The van der Waals surface area contributed by atoms with Gasteiger partial charge in [-0.2, -0.15) is 0 Å². The van der Waals surface area contributed by atoms with Crippen LogP contribution in [0, 0.1) is 0 Å². The van der Waals surface area contributed by atoms with Gasteiger partial charge in [0.15, 0.2) is 0 Å². The second-order valence-electron chi connectivity index (χ2n) is 10.0. The Hall–Kier alpha value is -2.89. The summed E-state index contributed by atoms with van der Waals surface area (Å²) in [6.45, 7) is 1.46. The molecule has 33 heavy (non-hydrogen) atoms. The second-order valence-corrected chi connectivity index (χ2v) is 10.0. The van der Waals surface area contributed by atoms with Crippen molar-refractivity contribution in [1.82, 2.24) is 15.1 Å². The summed E-state index contributed by atoms with van der Waals surface area (Å²) in [5.41, 5.74) is 0.772. The topological polar surface area (TPSA) is 69.7 Å². The predicted molar refractivity (Wildman–Crippen MR) is 128 cm³/mol. The van der Waals surface area contributed by atoms with Crippen LogP contribution in [0.25, 0.3) is 10.8 Å². The maximum Gasteiger partial charge on any atom is 0.242 e. The Morgan fingerprint density at radius 3 is 2.55 bits per heavy atom. The molecule has 1 saturated carbocycles. The molecule has 1 N–H and O–H groups in total. The van der Waals surface area contributed by atoms with Gasteiger partial charge in [-0.15, -0.1) is 0 Å². The van der Waals surface area contributed by atoms with Crippen molar-refractivity contribution < 1.29 is 14.4 Å². The number of hydrogen-bond acceptors (Lipinski definition) is 3. The largest absolute Gasteiger partial charge is 0.350 e. The van der Waals surface area contributed by atoms with Crippen LogP contribution in [-0.4, -0.2) is 58.7 Å². The van der Waals surface area contributed by atoms with Crippen molar-refractivity contribution in [2.75, 3.05) is 19.6 Å². The molecule has 5 rings (SSSR count). The zero-order chi connectivity index (χ0) is 22.8. The molecule has 3 amide bonds. The minimum absolute atomic E-state index is 0.0217. The van der Waals surface area contributed by atoms with Crippen LogP contribution in [0.1, 0.15) is 56.9 Å². The van der Waals surface area contributed by atoms with E-state index in [2.05, 4.69) is 35.6 Å². The number of carbonyl (C=O) groups is 3. The van der Waals surface area contributed by atoms with E-state index < -0.39 is 5.54 Å². The van der Waals surface area contributed by atoms with Crippen LogP contribution >= 0.6 is 0 Å². The standard InChI is InChI=1S/C27H33N3O3/c31-24-11-13-27(28-24,18-20-9-10-21-5-1-2-6-22(21)17-20)14-12-25(32)29-15-16-30(26(33)19-29)23-7-3-4-8-23/h1-2,5-6,9-10,17,23H,3-4,7-8,11-16,18-19H2,(H,28,31). The van der Waals surface area contributed by atoms with Crippen LogP contribution in [0.15, 0.2) is 42.5 Å². The average Bonchev–Trinajstić information content (AvgIpc) is 3.48. The van der Waals surface area contributed by atoms with E-state index in [4.69, 9.17) is 0 Å². The number of nitrogens with one attached hydrogen (secondary N) is 1. The Kier molecular flexibility index (Phi) is 6.09. The molecule has 1 atom stereocenters. The average molecular weight is 448 g/mol. The van der Waals surface area contributed by atoms with E-state index in [1.165, 1.54) is 29.2 Å². The molecule has 2 saturated heterocycles. The van der Waals surface area contributed by atoms with Crippen molar-refractivity contribution in [3.8, 4) is 0 Å². The molecule has 1 aliphatic carbocycles. The van der Waals surface area contributed by atoms with Gasteiger partial charge in [0.05, 0.1) is 6.54 Å². The summed E-state index contributed by atoms with van der Waals surface area (Å²) >= 11 is 0. The van der Waals surface area contributed by atoms with E-state index in [0.29, 0.717) is 44.8 Å². The van der Waals surface area contributed by atoms with Crippen LogP contribution in [-0.2, 0) is 20.8 Å². The third kappa shape index (κ3) is 4.75. The van der Waals surface area contributed by atoms with Gasteiger partial charge in [-0.1, -0.05) is 55.3 Å².